The molecule has 8 heteroatoms. The van der Waals surface area contributed by atoms with E-state index in [1.54, 1.807) is 26.0 Å². The van der Waals surface area contributed by atoms with Gasteiger partial charge < -0.3 is 15.0 Å². The van der Waals surface area contributed by atoms with Crippen LogP contribution in [-0.4, -0.2) is 56.5 Å². The lowest BCUT2D eigenvalue weighted by molar-refractivity contribution is 0.353. The highest BCUT2D eigenvalue weighted by Gasteiger charge is 2.40. The number of halogens is 1. The van der Waals surface area contributed by atoms with Gasteiger partial charge in [-0.2, -0.15) is 0 Å². The maximum atomic E-state index is 13.8. The van der Waals surface area contributed by atoms with Crippen molar-refractivity contribution in [2.24, 2.45) is 4.99 Å². The third-order valence-corrected chi connectivity index (χ3v) is 6.84. The quantitative estimate of drug-likeness (QED) is 0.646. The van der Waals surface area contributed by atoms with E-state index in [2.05, 4.69) is 10.3 Å². The Kier molecular flexibility index (Phi) is 5.92. The van der Waals surface area contributed by atoms with Crippen LogP contribution in [0.1, 0.15) is 26.3 Å². The lowest BCUT2D eigenvalue weighted by Gasteiger charge is -2.39. The van der Waals surface area contributed by atoms with Crippen LogP contribution in [-0.2, 0) is 16.4 Å². The summed E-state index contributed by atoms with van der Waals surface area (Å²) in [5.41, 5.74) is 0.720. The molecule has 140 valence electrons. The Balaban J connectivity index is 2.17. The number of nitrogens with one attached hydrogen (secondary N) is 1. The predicted molar refractivity (Wildman–Crippen MR) is 97.2 cm³/mol. The SMILES string of the molecule is CCNC(=NCc1ccc(OC)c(F)c1)N1CCS(=O)(=O)C(C)(C)C1. The van der Waals surface area contributed by atoms with E-state index in [1.807, 2.05) is 11.8 Å². The summed E-state index contributed by atoms with van der Waals surface area (Å²) in [5.74, 6) is 0.511. The molecule has 2 rings (SSSR count). The van der Waals surface area contributed by atoms with Crippen molar-refractivity contribution in [2.45, 2.75) is 32.1 Å². The Bertz CT molecular complexity index is 748. The Morgan fingerprint density at radius 2 is 2.16 bits per heavy atom. The topological polar surface area (TPSA) is 71.0 Å². The fraction of sp³-hybridized carbons (Fsp3) is 0.588. The van der Waals surface area contributed by atoms with E-state index in [1.165, 1.54) is 13.2 Å². The van der Waals surface area contributed by atoms with E-state index in [0.29, 0.717) is 32.1 Å². The van der Waals surface area contributed by atoms with E-state index in [9.17, 15) is 12.8 Å². The van der Waals surface area contributed by atoms with Crippen molar-refractivity contribution in [3.05, 3.63) is 29.6 Å². The standard InChI is InChI=1S/C17H26FN3O3S/c1-5-19-16(21-8-9-25(22,23)17(2,3)12-21)20-11-13-6-7-15(24-4)14(18)10-13/h6-7,10H,5,8-9,11-12H2,1-4H3,(H,19,20). The molecule has 0 atom stereocenters. The van der Waals surface area contributed by atoms with Crippen molar-refractivity contribution < 1.29 is 17.5 Å². The highest BCUT2D eigenvalue weighted by Crippen LogP contribution is 2.24. The van der Waals surface area contributed by atoms with E-state index in [4.69, 9.17) is 4.74 Å². The van der Waals surface area contributed by atoms with Gasteiger partial charge in [-0.25, -0.2) is 17.8 Å². The molecule has 0 aliphatic carbocycles. The van der Waals surface area contributed by atoms with Crippen molar-refractivity contribution in [1.29, 1.82) is 0 Å². The lowest BCUT2D eigenvalue weighted by Crippen LogP contribution is -2.57. The molecule has 1 aliphatic rings. The molecule has 0 amide bonds. The lowest BCUT2D eigenvalue weighted by atomic mass is 10.2. The summed E-state index contributed by atoms with van der Waals surface area (Å²) < 4.78 is 42.2. The smallest absolute Gasteiger partial charge is 0.194 e. The Morgan fingerprint density at radius 3 is 2.72 bits per heavy atom. The van der Waals surface area contributed by atoms with Crippen molar-refractivity contribution in [3.8, 4) is 5.75 Å². The number of hydrogen-bond acceptors (Lipinski definition) is 4. The third-order valence-electron chi connectivity index (χ3n) is 4.31. The zero-order valence-electron chi connectivity index (χ0n) is 15.2. The molecule has 0 bridgehead atoms. The normalized spacial score (nSPS) is 19.6. The van der Waals surface area contributed by atoms with Crippen molar-refractivity contribution >= 4 is 15.8 Å². The molecule has 1 fully saturated rings. The average molecular weight is 371 g/mol. The highest BCUT2D eigenvalue weighted by molar-refractivity contribution is 7.92. The molecule has 1 aromatic rings. The van der Waals surface area contributed by atoms with Gasteiger partial charge in [0, 0.05) is 19.6 Å². The average Bonchev–Trinajstić information content (AvgIpc) is 2.54. The summed E-state index contributed by atoms with van der Waals surface area (Å²) >= 11 is 0. The summed E-state index contributed by atoms with van der Waals surface area (Å²) in [6.07, 6.45) is 0. The Morgan fingerprint density at radius 1 is 1.44 bits per heavy atom. The van der Waals surface area contributed by atoms with Crippen molar-refractivity contribution in [2.75, 3.05) is 32.5 Å². The monoisotopic (exact) mass is 371 g/mol. The first-order chi connectivity index (χ1) is 11.7. The van der Waals surface area contributed by atoms with Gasteiger partial charge in [0.1, 0.15) is 0 Å². The van der Waals surface area contributed by atoms with Gasteiger partial charge in [-0.1, -0.05) is 6.07 Å². The molecule has 0 unspecified atom stereocenters. The zero-order valence-corrected chi connectivity index (χ0v) is 16.0. The molecule has 1 saturated heterocycles. The predicted octanol–water partition coefficient (Wildman–Crippen LogP) is 1.81. The first-order valence-electron chi connectivity index (χ1n) is 8.28. The second-order valence-corrected chi connectivity index (χ2v) is 9.38. The largest absolute Gasteiger partial charge is 0.494 e. The number of rotatable bonds is 4. The fourth-order valence-electron chi connectivity index (χ4n) is 2.72. The van der Waals surface area contributed by atoms with Crippen LogP contribution in [0.4, 0.5) is 4.39 Å². The minimum absolute atomic E-state index is 0.0988. The summed E-state index contributed by atoms with van der Waals surface area (Å²) in [6, 6.07) is 4.74. The van der Waals surface area contributed by atoms with Crippen molar-refractivity contribution in [3.63, 3.8) is 0 Å². The number of hydrogen-bond donors (Lipinski definition) is 1. The molecule has 1 N–H and O–H groups in total. The van der Waals surface area contributed by atoms with Crippen LogP contribution in [0.5, 0.6) is 5.75 Å². The van der Waals surface area contributed by atoms with Gasteiger partial charge in [0.2, 0.25) is 0 Å². The molecular weight excluding hydrogens is 345 g/mol. The van der Waals surface area contributed by atoms with Gasteiger partial charge >= 0.3 is 0 Å². The number of aliphatic imine (C=N–C) groups is 1. The third kappa shape index (κ3) is 4.42. The van der Waals surface area contributed by atoms with Gasteiger partial charge in [0.15, 0.2) is 27.4 Å². The molecule has 1 aromatic carbocycles. The number of sulfone groups is 1. The number of guanidine groups is 1. The van der Waals surface area contributed by atoms with E-state index < -0.39 is 20.4 Å². The molecule has 25 heavy (non-hydrogen) atoms. The van der Waals surface area contributed by atoms with Crippen LogP contribution in [0.2, 0.25) is 0 Å². The van der Waals surface area contributed by atoms with E-state index in [-0.39, 0.29) is 11.5 Å². The van der Waals surface area contributed by atoms with Gasteiger partial charge in [-0.05, 0) is 38.5 Å². The molecule has 0 saturated carbocycles. The van der Waals surface area contributed by atoms with Gasteiger partial charge in [0.05, 0.1) is 24.2 Å². The van der Waals surface area contributed by atoms with Crippen molar-refractivity contribution in [1.82, 2.24) is 10.2 Å². The molecule has 0 aromatic heterocycles. The Hall–Kier alpha value is -1.83. The van der Waals surface area contributed by atoms with E-state index >= 15 is 0 Å². The summed E-state index contributed by atoms with van der Waals surface area (Å²) in [4.78, 5) is 6.50. The summed E-state index contributed by atoms with van der Waals surface area (Å²) in [5, 5.41) is 3.19. The number of ether oxygens (including phenoxy) is 1. The molecule has 0 spiro atoms. The molecule has 0 radical (unpaired) electrons. The molecule has 1 heterocycles. The summed E-state index contributed by atoms with van der Waals surface area (Å²) in [7, 11) is -1.69. The summed E-state index contributed by atoms with van der Waals surface area (Å²) in [6.45, 7) is 7.15. The van der Waals surface area contributed by atoms with Crippen LogP contribution >= 0.6 is 0 Å². The minimum atomic E-state index is -3.11. The zero-order chi connectivity index (χ0) is 18.7. The first kappa shape index (κ1) is 19.5. The minimum Gasteiger partial charge on any atom is -0.494 e. The second kappa shape index (κ2) is 7.59. The van der Waals surface area contributed by atoms with Crippen LogP contribution < -0.4 is 10.1 Å². The van der Waals surface area contributed by atoms with Crippen LogP contribution in [0, 0.1) is 5.82 Å². The molecule has 1 aliphatic heterocycles. The second-order valence-electron chi connectivity index (χ2n) is 6.64. The Labute approximate surface area is 149 Å². The fourth-order valence-corrected chi connectivity index (χ4v) is 4.09. The van der Waals surface area contributed by atoms with Crippen LogP contribution in [0.3, 0.4) is 0 Å². The molecular formula is C17H26FN3O3S. The number of nitrogens with zero attached hydrogens (tertiary/aromatic N) is 2. The highest BCUT2D eigenvalue weighted by atomic mass is 32.2. The van der Waals surface area contributed by atoms with Gasteiger partial charge in [-0.3, -0.25) is 0 Å². The van der Waals surface area contributed by atoms with Gasteiger partial charge in [-0.15, -0.1) is 0 Å². The van der Waals surface area contributed by atoms with Crippen LogP contribution in [0.25, 0.3) is 0 Å². The number of benzene rings is 1. The first-order valence-corrected chi connectivity index (χ1v) is 9.93. The van der Waals surface area contributed by atoms with Crippen LogP contribution in [0.15, 0.2) is 23.2 Å². The van der Waals surface area contributed by atoms with E-state index in [0.717, 1.165) is 5.56 Å². The maximum absolute atomic E-state index is 13.8. The number of methoxy groups -OCH3 is 1. The maximum Gasteiger partial charge on any atom is 0.194 e. The van der Waals surface area contributed by atoms with Gasteiger partial charge in [0.25, 0.3) is 0 Å². The molecule has 6 nitrogen and oxygen atoms in total.